The van der Waals surface area contributed by atoms with Crippen molar-refractivity contribution in [3.05, 3.63) is 16.6 Å². The van der Waals surface area contributed by atoms with Gasteiger partial charge >= 0.3 is 0 Å². The van der Waals surface area contributed by atoms with Crippen LogP contribution in [0.3, 0.4) is 0 Å². The zero-order valence-electron chi connectivity index (χ0n) is 9.17. The van der Waals surface area contributed by atoms with Crippen LogP contribution in [0.2, 0.25) is 0 Å². The molecule has 0 saturated carbocycles. The van der Waals surface area contributed by atoms with Gasteiger partial charge in [0.25, 0.3) is 0 Å². The highest BCUT2D eigenvalue weighted by molar-refractivity contribution is 7.07. The smallest absolute Gasteiger partial charge is 0.224 e. The van der Waals surface area contributed by atoms with E-state index in [9.17, 15) is 4.79 Å². The molecule has 0 aliphatic carbocycles. The van der Waals surface area contributed by atoms with Gasteiger partial charge in [0.2, 0.25) is 5.91 Å². The third kappa shape index (κ3) is 5.65. The Morgan fingerprint density at radius 2 is 2.19 bits per heavy atom. The van der Waals surface area contributed by atoms with E-state index in [-0.39, 0.29) is 42.7 Å². The van der Waals surface area contributed by atoms with E-state index in [4.69, 9.17) is 5.73 Å². The molecule has 0 bridgehead atoms. The summed E-state index contributed by atoms with van der Waals surface area (Å²) in [5.74, 6) is -0.179. The van der Waals surface area contributed by atoms with Crippen molar-refractivity contribution in [1.82, 2.24) is 10.3 Å². The Hall–Kier alpha value is -0.360. The Morgan fingerprint density at radius 1 is 1.56 bits per heavy atom. The van der Waals surface area contributed by atoms with Gasteiger partial charge in [0.1, 0.15) is 0 Å². The molecule has 1 heterocycles. The highest BCUT2D eigenvalue weighted by atomic mass is 35.5. The average Bonchev–Trinajstić information content (AvgIpc) is 2.65. The van der Waals surface area contributed by atoms with Crippen LogP contribution in [0.1, 0.15) is 19.5 Å². The van der Waals surface area contributed by atoms with Crippen molar-refractivity contribution >= 4 is 42.1 Å². The van der Waals surface area contributed by atoms with Crippen LogP contribution in [-0.2, 0) is 11.3 Å². The molecule has 0 saturated heterocycles. The van der Waals surface area contributed by atoms with E-state index in [1.54, 1.807) is 5.51 Å². The third-order valence-electron chi connectivity index (χ3n) is 2.13. The molecule has 1 aromatic rings. The van der Waals surface area contributed by atoms with Crippen LogP contribution < -0.4 is 11.1 Å². The SMILES string of the molecule is CC(N)C(C)C(=O)NCc1cscn1.Cl.Cl. The highest BCUT2D eigenvalue weighted by Crippen LogP contribution is 2.02. The summed E-state index contributed by atoms with van der Waals surface area (Å²) in [5.41, 5.74) is 8.25. The fourth-order valence-corrected chi connectivity index (χ4v) is 1.46. The van der Waals surface area contributed by atoms with Crippen molar-refractivity contribution in [1.29, 1.82) is 0 Å². The molecule has 4 nitrogen and oxygen atoms in total. The molecule has 1 aromatic heterocycles. The van der Waals surface area contributed by atoms with Gasteiger partial charge in [0, 0.05) is 17.3 Å². The number of halogens is 2. The Kier molecular flexibility index (Phi) is 9.86. The number of hydrogen-bond acceptors (Lipinski definition) is 4. The summed E-state index contributed by atoms with van der Waals surface area (Å²) in [4.78, 5) is 15.5. The zero-order valence-corrected chi connectivity index (χ0v) is 11.6. The lowest BCUT2D eigenvalue weighted by Gasteiger charge is -2.14. The number of nitrogens with one attached hydrogen (secondary N) is 1. The first kappa shape index (κ1) is 18.0. The van der Waals surface area contributed by atoms with Crippen LogP contribution in [-0.4, -0.2) is 16.9 Å². The molecule has 0 fully saturated rings. The van der Waals surface area contributed by atoms with Crippen LogP contribution in [0.15, 0.2) is 10.9 Å². The van der Waals surface area contributed by atoms with E-state index < -0.39 is 0 Å². The molecule has 16 heavy (non-hydrogen) atoms. The molecule has 1 amide bonds. The largest absolute Gasteiger partial charge is 0.350 e. The van der Waals surface area contributed by atoms with Crippen molar-refractivity contribution in [3.63, 3.8) is 0 Å². The van der Waals surface area contributed by atoms with Gasteiger partial charge in [-0.25, -0.2) is 4.98 Å². The molecule has 0 spiro atoms. The number of thiazole rings is 1. The average molecular weight is 286 g/mol. The predicted octanol–water partition coefficient (Wildman–Crippen LogP) is 1.59. The summed E-state index contributed by atoms with van der Waals surface area (Å²) < 4.78 is 0. The van der Waals surface area contributed by atoms with Gasteiger partial charge in [0.05, 0.1) is 17.7 Å². The third-order valence-corrected chi connectivity index (χ3v) is 2.76. The van der Waals surface area contributed by atoms with Crippen molar-refractivity contribution in [3.8, 4) is 0 Å². The Bertz CT molecular complexity index is 293. The number of hydrogen-bond donors (Lipinski definition) is 2. The molecule has 0 radical (unpaired) electrons. The topological polar surface area (TPSA) is 68.0 Å². The number of amides is 1. The van der Waals surface area contributed by atoms with Gasteiger partial charge in [-0.2, -0.15) is 0 Å². The van der Waals surface area contributed by atoms with E-state index in [1.807, 2.05) is 19.2 Å². The first-order valence-electron chi connectivity index (χ1n) is 4.51. The normalized spacial score (nSPS) is 12.9. The minimum Gasteiger partial charge on any atom is -0.350 e. The number of nitrogens with zero attached hydrogens (tertiary/aromatic N) is 1. The number of rotatable bonds is 4. The van der Waals surface area contributed by atoms with E-state index >= 15 is 0 Å². The minimum atomic E-state index is -0.159. The van der Waals surface area contributed by atoms with Crippen molar-refractivity contribution in [2.45, 2.75) is 26.4 Å². The van der Waals surface area contributed by atoms with E-state index in [0.29, 0.717) is 6.54 Å². The lowest BCUT2D eigenvalue weighted by Crippen LogP contribution is -2.38. The molecule has 94 valence electrons. The first-order valence-corrected chi connectivity index (χ1v) is 5.46. The summed E-state index contributed by atoms with van der Waals surface area (Å²) in [7, 11) is 0. The van der Waals surface area contributed by atoms with Crippen molar-refractivity contribution < 1.29 is 4.79 Å². The molecule has 2 atom stereocenters. The number of aromatic nitrogens is 1. The highest BCUT2D eigenvalue weighted by Gasteiger charge is 2.16. The van der Waals surface area contributed by atoms with Gasteiger partial charge in [-0.05, 0) is 6.92 Å². The van der Waals surface area contributed by atoms with Crippen LogP contribution in [0, 0.1) is 5.92 Å². The number of carbonyl (C=O) groups excluding carboxylic acids is 1. The summed E-state index contributed by atoms with van der Waals surface area (Å²) in [6.45, 7) is 4.13. The monoisotopic (exact) mass is 285 g/mol. The number of nitrogens with two attached hydrogens (primary N) is 1. The fraction of sp³-hybridized carbons (Fsp3) is 0.556. The maximum absolute atomic E-state index is 11.5. The maximum atomic E-state index is 11.5. The summed E-state index contributed by atoms with van der Waals surface area (Å²) in [6.07, 6.45) is 0. The van der Waals surface area contributed by atoms with Gasteiger partial charge in [0.15, 0.2) is 0 Å². The molecule has 2 unspecified atom stereocenters. The second-order valence-corrected chi connectivity index (χ2v) is 4.06. The Balaban J connectivity index is 0. The summed E-state index contributed by atoms with van der Waals surface area (Å²) in [6, 6.07) is -0.120. The molecule has 3 N–H and O–H groups in total. The second kappa shape index (κ2) is 8.75. The van der Waals surface area contributed by atoms with Gasteiger partial charge in [-0.15, -0.1) is 36.2 Å². The van der Waals surface area contributed by atoms with E-state index in [2.05, 4.69) is 10.3 Å². The molecule has 0 aromatic carbocycles. The van der Waals surface area contributed by atoms with Crippen LogP contribution in [0.4, 0.5) is 0 Å². The molecular weight excluding hydrogens is 269 g/mol. The minimum absolute atomic E-state index is 0. The van der Waals surface area contributed by atoms with E-state index in [0.717, 1.165) is 5.69 Å². The predicted molar refractivity (Wildman–Crippen MR) is 71.3 cm³/mol. The van der Waals surface area contributed by atoms with Crippen LogP contribution in [0.25, 0.3) is 0 Å². The maximum Gasteiger partial charge on any atom is 0.224 e. The van der Waals surface area contributed by atoms with Gasteiger partial charge < -0.3 is 11.1 Å². The molecular formula is C9H17Cl2N3OS. The molecule has 7 heteroatoms. The summed E-state index contributed by atoms with van der Waals surface area (Å²) in [5, 5.41) is 4.70. The van der Waals surface area contributed by atoms with Gasteiger partial charge in [-0.1, -0.05) is 6.92 Å². The zero-order chi connectivity index (χ0) is 10.6. The quantitative estimate of drug-likeness (QED) is 0.883. The van der Waals surface area contributed by atoms with Crippen LogP contribution >= 0.6 is 36.2 Å². The Labute approximate surface area is 112 Å². The lowest BCUT2D eigenvalue weighted by molar-refractivity contribution is -0.125. The van der Waals surface area contributed by atoms with Crippen molar-refractivity contribution in [2.75, 3.05) is 0 Å². The molecule has 0 aliphatic rings. The molecule has 0 aliphatic heterocycles. The standard InChI is InChI=1S/C9H15N3OS.2ClH/c1-6(7(2)10)9(13)11-3-8-4-14-5-12-8;;/h4-7H,3,10H2,1-2H3,(H,11,13);2*1H. The summed E-state index contributed by atoms with van der Waals surface area (Å²) >= 11 is 1.52. The fourth-order valence-electron chi connectivity index (χ4n) is 0.902. The Morgan fingerprint density at radius 3 is 2.62 bits per heavy atom. The first-order chi connectivity index (χ1) is 6.61. The number of carbonyl (C=O) groups is 1. The van der Waals surface area contributed by atoms with Crippen molar-refractivity contribution in [2.24, 2.45) is 11.7 Å². The van der Waals surface area contributed by atoms with E-state index in [1.165, 1.54) is 11.3 Å². The van der Waals surface area contributed by atoms with Gasteiger partial charge in [-0.3, -0.25) is 4.79 Å². The van der Waals surface area contributed by atoms with Crippen LogP contribution in [0.5, 0.6) is 0 Å². The molecule has 1 rings (SSSR count). The second-order valence-electron chi connectivity index (χ2n) is 3.35. The lowest BCUT2D eigenvalue weighted by atomic mass is 10.0.